The third-order valence-electron chi connectivity index (χ3n) is 3.70. The SMILES string of the molecule is CCC1=CC=CC(C(N)=O)C1(CC)N(C)C. The minimum Gasteiger partial charge on any atom is -0.369 e. The molecule has 0 spiro atoms. The normalized spacial score (nSPS) is 29.3. The van der Waals surface area contributed by atoms with Gasteiger partial charge in [0, 0.05) is 0 Å². The van der Waals surface area contributed by atoms with Crippen molar-refractivity contribution >= 4 is 5.91 Å². The maximum Gasteiger partial charge on any atom is 0.226 e. The summed E-state index contributed by atoms with van der Waals surface area (Å²) in [6.45, 7) is 4.23. The van der Waals surface area contributed by atoms with Gasteiger partial charge in [0.2, 0.25) is 5.91 Å². The first-order chi connectivity index (χ1) is 7.50. The summed E-state index contributed by atoms with van der Waals surface area (Å²) in [7, 11) is 4.03. The molecule has 2 N–H and O–H groups in total. The van der Waals surface area contributed by atoms with Gasteiger partial charge in [-0.1, -0.05) is 32.1 Å². The van der Waals surface area contributed by atoms with Crippen molar-refractivity contribution in [3.05, 3.63) is 23.8 Å². The summed E-state index contributed by atoms with van der Waals surface area (Å²) >= 11 is 0. The summed E-state index contributed by atoms with van der Waals surface area (Å²) in [6.07, 6.45) is 7.82. The Morgan fingerprint density at radius 3 is 2.50 bits per heavy atom. The number of carbonyl (C=O) groups excluding carboxylic acids is 1. The van der Waals surface area contributed by atoms with Crippen LogP contribution in [0.25, 0.3) is 0 Å². The lowest BCUT2D eigenvalue weighted by atomic mass is 9.70. The molecule has 1 aliphatic carbocycles. The minimum absolute atomic E-state index is 0.229. The fourth-order valence-electron chi connectivity index (χ4n) is 2.87. The molecule has 2 unspecified atom stereocenters. The number of primary amides is 1. The van der Waals surface area contributed by atoms with E-state index in [1.54, 1.807) is 0 Å². The summed E-state index contributed by atoms with van der Waals surface area (Å²) in [5.74, 6) is -0.474. The lowest BCUT2D eigenvalue weighted by Crippen LogP contribution is -2.55. The molecule has 16 heavy (non-hydrogen) atoms. The van der Waals surface area contributed by atoms with Crippen LogP contribution in [0.5, 0.6) is 0 Å². The van der Waals surface area contributed by atoms with Gasteiger partial charge in [-0.2, -0.15) is 0 Å². The first-order valence-corrected chi connectivity index (χ1v) is 5.85. The Morgan fingerprint density at radius 1 is 1.50 bits per heavy atom. The van der Waals surface area contributed by atoms with Gasteiger partial charge in [0.25, 0.3) is 0 Å². The smallest absolute Gasteiger partial charge is 0.226 e. The topological polar surface area (TPSA) is 46.3 Å². The standard InChI is InChI=1S/C13H22N2O/c1-5-10-8-7-9-11(12(14)16)13(10,6-2)15(3)4/h7-9,11H,5-6H2,1-4H3,(H2,14,16). The van der Waals surface area contributed by atoms with Crippen LogP contribution in [0, 0.1) is 5.92 Å². The lowest BCUT2D eigenvalue weighted by Gasteiger charge is -2.46. The predicted octanol–water partition coefficient (Wildman–Crippen LogP) is 1.70. The second-order valence-corrected chi connectivity index (χ2v) is 4.48. The van der Waals surface area contributed by atoms with Crippen LogP contribution < -0.4 is 5.73 Å². The quantitative estimate of drug-likeness (QED) is 0.787. The minimum atomic E-state index is -0.245. The van der Waals surface area contributed by atoms with Gasteiger partial charge in [-0.3, -0.25) is 9.69 Å². The van der Waals surface area contributed by atoms with Crippen LogP contribution in [0.2, 0.25) is 0 Å². The molecule has 2 atom stereocenters. The molecular formula is C13H22N2O. The van der Waals surface area contributed by atoms with Gasteiger partial charge in [0.1, 0.15) is 0 Å². The molecule has 0 aromatic rings. The van der Waals surface area contributed by atoms with Crippen molar-refractivity contribution in [3.63, 3.8) is 0 Å². The number of nitrogens with zero attached hydrogens (tertiary/aromatic N) is 1. The van der Waals surface area contributed by atoms with Crippen molar-refractivity contribution < 1.29 is 4.79 Å². The third-order valence-corrected chi connectivity index (χ3v) is 3.70. The number of nitrogens with two attached hydrogens (primary N) is 1. The van der Waals surface area contributed by atoms with Crippen LogP contribution in [-0.4, -0.2) is 30.4 Å². The summed E-state index contributed by atoms with van der Waals surface area (Å²) in [5.41, 5.74) is 6.57. The number of hydrogen-bond acceptors (Lipinski definition) is 2. The molecule has 90 valence electrons. The summed E-state index contributed by atoms with van der Waals surface area (Å²) in [5, 5.41) is 0. The fourth-order valence-corrected chi connectivity index (χ4v) is 2.87. The molecule has 0 aliphatic heterocycles. The van der Waals surface area contributed by atoms with E-state index in [0.29, 0.717) is 0 Å². The van der Waals surface area contributed by atoms with Gasteiger partial charge in [0.05, 0.1) is 11.5 Å². The summed E-state index contributed by atoms with van der Waals surface area (Å²) in [6, 6.07) is 0. The van der Waals surface area contributed by atoms with Crippen molar-refractivity contribution in [2.24, 2.45) is 11.7 Å². The Hall–Kier alpha value is -1.09. The molecule has 3 nitrogen and oxygen atoms in total. The zero-order valence-corrected chi connectivity index (χ0v) is 10.7. The van der Waals surface area contributed by atoms with Crippen molar-refractivity contribution in [2.75, 3.05) is 14.1 Å². The largest absolute Gasteiger partial charge is 0.369 e. The van der Waals surface area contributed by atoms with E-state index >= 15 is 0 Å². The third kappa shape index (κ3) is 1.80. The molecule has 0 aromatic heterocycles. The molecule has 0 heterocycles. The summed E-state index contributed by atoms with van der Waals surface area (Å²) < 4.78 is 0. The maximum absolute atomic E-state index is 11.6. The van der Waals surface area contributed by atoms with Gasteiger partial charge in [-0.25, -0.2) is 0 Å². The number of amides is 1. The van der Waals surface area contributed by atoms with Gasteiger partial charge in [-0.15, -0.1) is 0 Å². The molecule has 3 heteroatoms. The highest BCUT2D eigenvalue weighted by molar-refractivity contribution is 5.81. The first kappa shape index (κ1) is 13.0. The Balaban J connectivity index is 3.28. The zero-order chi connectivity index (χ0) is 12.3. The number of rotatable bonds is 4. The van der Waals surface area contributed by atoms with Gasteiger partial charge < -0.3 is 5.73 Å². The average Bonchev–Trinajstić information content (AvgIpc) is 2.26. The first-order valence-electron chi connectivity index (χ1n) is 5.85. The Bertz CT molecular complexity index is 331. The molecule has 0 bridgehead atoms. The van der Waals surface area contributed by atoms with E-state index in [9.17, 15) is 4.79 Å². The highest BCUT2D eigenvalue weighted by Gasteiger charge is 2.44. The van der Waals surface area contributed by atoms with Crippen molar-refractivity contribution in [2.45, 2.75) is 32.2 Å². The van der Waals surface area contributed by atoms with Gasteiger partial charge in [-0.05, 0) is 32.5 Å². The highest BCUT2D eigenvalue weighted by atomic mass is 16.1. The molecule has 0 aromatic carbocycles. The van der Waals surface area contributed by atoms with E-state index in [-0.39, 0.29) is 17.4 Å². The summed E-state index contributed by atoms with van der Waals surface area (Å²) in [4.78, 5) is 13.7. The van der Waals surface area contributed by atoms with Crippen LogP contribution in [0.3, 0.4) is 0 Å². The zero-order valence-electron chi connectivity index (χ0n) is 10.7. The second kappa shape index (κ2) is 4.83. The van der Waals surface area contributed by atoms with Gasteiger partial charge >= 0.3 is 0 Å². The molecule has 0 saturated carbocycles. The molecule has 1 rings (SSSR count). The molecule has 0 saturated heterocycles. The van der Waals surface area contributed by atoms with E-state index in [4.69, 9.17) is 5.73 Å². The van der Waals surface area contributed by atoms with Gasteiger partial charge in [0.15, 0.2) is 0 Å². The monoisotopic (exact) mass is 222 g/mol. The number of carbonyl (C=O) groups is 1. The van der Waals surface area contributed by atoms with Crippen LogP contribution in [-0.2, 0) is 4.79 Å². The molecule has 1 aliphatic rings. The molecule has 0 fully saturated rings. The van der Waals surface area contributed by atoms with E-state index < -0.39 is 0 Å². The molecule has 0 radical (unpaired) electrons. The molecular weight excluding hydrogens is 200 g/mol. The Kier molecular flexibility index (Phi) is 3.92. The Morgan fingerprint density at radius 2 is 2.12 bits per heavy atom. The van der Waals surface area contributed by atoms with Crippen LogP contribution in [0.1, 0.15) is 26.7 Å². The predicted molar refractivity (Wildman–Crippen MR) is 66.9 cm³/mol. The lowest BCUT2D eigenvalue weighted by molar-refractivity contribution is -0.123. The molecule has 1 amide bonds. The Labute approximate surface area is 98.0 Å². The number of hydrogen-bond donors (Lipinski definition) is 1. The van der Waals surface area contributed by atoms with E-state index in [1.165, 1.54) is 5.57 Å². The van der Waals surface area contributed by atoms with Crippen molar-refractivity contribution in [3.8, 4) is 0 Å². The maximum atomic E-state index is 11.6. The number of allylic oxidation sites excluding steroid dienone is 2. The second-order valence-electron chi connectivity index (χ2n) is 4.48. The van der Waals surface area contributed by atoms with Crippen LogP contribution in [0.4, 0.5) is 0 Å². The fraction of sp³-hybridized carbons (Fsp3) is 0.615. The van der Waals surface area contributed by atoms with E-state index in [0.717, 1.165) is 12.8 Å². The average molecular weight is 222 g/mol. The van der Waals surface area contributed by atoms with Crippen molar-refractivity contribution in [1.29, 1.82) is 0 Å². The van der Waals surface area contributed by atoms with Crippen molar-refractivity contribution in [1.82, 2.24) is 4.90 Å². The van der Waals surface area contributed by atoms with Crippen LogP contribution >= 0.6 is 0 Å². The van der Waals surface area contributed by atoms with Crippen LogP contribution in [0.15, 0.2) is 23.8 Å². The highest BCUT2D eigenvalue weighted by Crippen LogP contribution is 2.39. The number of likely N-dealkylation sites (N-methyl/N-ethyl adjacent to an activating group) is 1. The van der Waals surface area contributed by atoms with E-state index in [1.807, 2.05) is 26.2 Å². The van der Waals surface area contributed by atoms with E-state index in [2.05, 4.69) is 24.8 Å².